The second kappa shape index (κ2) is 9.37. The lowest BCUT2D eigenvalue weighted by Gasteiger charge is -2.22. The summed E-state index contributed by atoms with van der Waals surface area (Å²) in [7, 11) is 0. The van der Waals surface area contributed by atoms with Gasteiger partial charge in [-0.15, -0.1) is 0 Å². The van der Waals surface area contributed by atoms with Crippen LogP contribution in [0.4, 0.5) is 11.4 Å². The SMILES string of the molecule is CCCC(CN)C(=O)Nc1ccc(N(CC)CCO)cc1. The number of nitrogens with one attached hydrogen (secondary N) is 1. The Hall–Kier alpha value is -1.59. The second-order valence-electron chi connectivity index (χ2n) is 5.06. The topological polar surface area (TPSA) is 78.6 Å². The van der Waals surface area contributed by atoms with Crippen molar-refractivity contribution in [1.29, 1.82) is 0 Å². The van der Waals surface area contributed by atoms with Gasteiger partial charge in [0.05, 0.1) is 12.5 Å². The number of benzene rings is 1. The van der Waals surface area contributed by atoms with Crippen molar-refractivity contribution >= 4 is 17.3 Å². The molecule has 0 fully saturated rings. The lowest BCUT2D eigenvalue weighted by molar-refractivity contribution is -0.119. The standard InChI is InChI=1S/C16H27N3O2/c1-3-5-13(12-17)16(21)18-14-6-8-15(9-7-14)19(4-2)10-11-20/h6-9,13,20H,3-5,10-12,17H2,1-2H3,(H,18,21). The molecule has 1 unspecified atom stereocenters. The number of hydrogen-bond donors (Lipinski definition) is 3. The van der Waals surface area contributed by atoms with Gasteiger partial charge in [-0.1, -0.05) is 13.3 Å². The number of aliphatic hydroxyl groups is 1. The molecule has 1 aromatic rings. The van der Waals surface area contributed by atoms with E-state index in [1.165, 1.54) is 0 Å². The minimum Gasteiger partial charge on any atom is -0.395 e. The molecule has 1 rings (SSSR count). The average Bonchev–Trinajstić information content (AvgIpc) is 2.51. The van der Waals surface area contributed by atoms with Crippen LogP contribution in [0.3, 0.4) is 0 Å². The molecule has 118 valence electrons. The van der Waals surface area contributed by atoms with E-state index in [4.69, 9.17) is 10.8 Å². The summed E-state index contributed by atoms with van der Waals surface area (Å²) in [5, 5.41) is 11.9. The predicted octanol–water partition coefficient (Wildman–Crippen LogP) is 1.82. The summed E-state index contributed by atoms with van der Waals surface area (Å²) < 4.78 is 0. The fraction of sp³-hybridized carbons (Fsp3) is 0.562. The summed E-state index contributed by atoms with van der Waals surface area (Å²) in [4.78, 5) is 14.2. The van der Waals surface area contributed by atoms with Crippen molar-refractivity contribution in [3.63, 3.8) is 0 Å². The molecule has 0 aliphatic heterocycles. The van der Waals surface area contributed by atoms with Gasteiger partial charge < -0.3 is 21.1 Å². The fourth-order valence-corrected chi connectivity index (χ4v) is 2.29. The molecule has 21 heavy (non-hydrogen) atoms. The Labute approximate surface area is 127 Å². The zero-order valence-corrected chi connectivity index (χ0v) is 13.0. The fourth-order valence-electron chi connectivity index (χ4n) is 2.29. The highest BCUT2D eigenvalue weighted by atomic mass is 16.3. The second-order valence-corrected chi connectivity index (χ2v) is 5.06. The van der Waals surface area contributed by atoms with E-state index in [2.05, 4.69) is 10.2 Å². The Morgan fingerprint density at radius 3 is 2.48 bits per heavy atom. The van der Waals surface area contributed by atoms with E-state index in [1.54, 1.807) is 0 Å². The summed E-state index contributed by atoms with van der Waals surface area (Å²) in [5.74, 6) is -0.147. The van der Waals surface area contributed by atoms with Gasteiger partial charge in [0, 0.05) is 31.0 Å². The summed E-state index contributed by atoms with van der Waals surface area (Å²) in [6, 6.07) is 7.66. The molecular formula is C16H27N3O2. The van der Waals surface area contributed by atoms with E-state index >= 15 is 0 Å². The highest BCUT2D eigenvalue weighted by molar-refractivity contribution is 5.92. The predicted molar refractivity (Wildman–Crippen MR) is 87.5 cm³/mol. The first-order chi connectivity index (χ1) is 10.2. The summed E-state index contributed by atoms with van der Waals surface area (Å²) in [6.07, 6.45) is 1.75. The lowest BCUT2D eigenvalue weighted by Crippen LogP contribution is -2.29. The maximum Gasteiger partial charge on any atom is 0.228 e. The van der Waals surface area contributed by atoms with E-state index in [9.17, 15) is 4.79 Å². The van der Waals surface area contributed by atoms with Gasteiger partial charge in [0.15, 0.2) is 0 Å². The summed E-state index contributed by atoms with van der Waals surface area (Å²) in [6.45, 7) is 6.03. The zero-order chi connectivity index (χ0) is 15.7. The number of rotatable bonds is 9. The van der Waals surface area contributed by atoms with E-state index in [1.807, 2.05) is 38.1 Å². The Morgan fingerprint density at radius 2 is 2.00 bits per heavy atom. The van der Waals surface area contributed by atoms with Crippen LogP contribution in [0.5, 0.6) is 0 Å². The van der Waals surface area contributed by atoms with Crippen LogP contribution in [0, 0.1) is 5.92 Å². The average molecular weight is 293 g/mol. The molecule has 1 aromatic carbocycles. The normalized spacial score (nSPS) is 12.0. The van der Waals surface area contributed by atoms with E-state index < -0.39 is 0 Å². The van der Waals surface area contributed by atoms with Crippen LogP contribution in [-0.4, -0.2) is 37.3 Å². The molecule has 0 aliphatic carbocycles. The minimum absolute atomic E-state index is 0.0187. The molecule has 5 nitrogen and oxygen atoms in total. The van der Waals surface area contributed by atoms with Gasteiger partial charge in [-0.2, -0.15) is 0 Å². The molecule has 0 bridgehead atoms. The molecule has 1 atom stereocenters. The third kappa shape index (κ3) is 5.36. The van der Waals surface area contributed by atoms with Crippen molar-refractivity contribution < 1.29 is 9.90 Å². The highest BCUT2D eigenvalue weighted by Crippen LogP contribution is 2.18. The van der Waals surface area contributed by atoms with Gasteiger partial charge in [-0.05, 0) is 37.6 Å². The zero-order valence-electron chi connectivity index (χ0n) is 13.0. The minimum atomic E-state index is -0.129. The molecule has 1 amide bonds. The molecular weight excluding hydrogens is 266 g/mol. The Kier molecular flexibility index (Phi) is 7.79. The van der Waals surface area contributed by atoms with Crippen LogP contribution in [-0.2, 0) is 4.79 Å². The first kappa shape index (κ1) is 17.5. The van der Waals surface area contributed by atoms with Crippen molar-refractivity contribution in [2.45, 2.75) is 26.7 Å². The van der Waals surface area contributed by atoms with Gasteiger partial charge in [-0.3, -0.25) is 4.79 Å². The molecule has 0 aromatic heterocycles. The molecule has 0 heterocycles. The van der Waals surface area contributed by atoms with Crippen molar-refractivity contribution in [3.05, 3.63) is 24.3 Å². The number of carbonyl (C=O) groups excluding carboxylic acids is 1. The molecule has 5 heteroatoms. The first-order valence-corrected chi connectivity index (χ1v) is 7.63. The Morgan fingerprint density at radius 1 is 1.33 bits per heavy atom. The van der Waals surface area contributed by atoms with Crippen LogP contribution in [0.1, 0.15) is 26.7 Å². The van der Waals surface area contributed by atoms with E-state index in [0.717, 1.165) is 30.8 Å². The Bertz CT molecular complexity index is 420. The lowest BCUT2D eigenvalue weighted by atomic mass is 10.0. The van der Waals surface area contributed by atoms with Crippen molar-refractivity contribution in [1.82, 2.24) is 0 Å². The molecule has 0 aliphatic rings. The summed E-state index contributed by atoms with van der Waals surface area (Å²) >= 11 is 0. The molecule has 0 saturated heterocycles. The smallest absolute Gasteiger partial charge is 0.228 e. The maximum atomic E-state index is 12.1. The molecule has 0 spiro atoms. The van der Waals surface area contributed by atoms with Crippen LogP contribution in [0.25, 0.3) is 0 Å². The number of carbonyl (C=O) groups is 1. The van der Waals surface area contributed by atoms with Crippen molar-refractivity contribution in [3.8, 4) is 0 Å². The van der Waals surface area contributed by atoms with E-state index in [0.29, 0.717) is 13.1 Å². The van der Waals surface area contributed by atoms with Crippen molar-refractivity contribution in [2.24, 2.45) is 11.7 Å². The third-order valence-electron chi connectivity index (χ3n) is 3.54. The number of nitrogens with two attached hydrogens (primary N) is 1. The monoisotopic (exact) mass is 293 g/mol. The van der Waals surface area contributed by atoms with Crippen LogP contribution in [0.15, 0.2) is 24.3 Å². The van der Waals surface area contributed by atoms with Crippen LogP contribution < -0.4 is 16.0 Å². The molecule has 4 N–H and O–H groups in total. The Balaban J connectivity index is 2.67. The van der Waals surface area contributed by atoms with Gasteiger partial charge >= 0.3 is 0 Å². The number of aliphatic hydroxyl groups excluding tert-OH is 1. The van der Waals surface area contributed by atoms with Crippen molar-refractivity contribution in [2.75, 3.05) is 36.5 Å². The van der Waals surface area contributed by atoms with Gasteiger partial charge in [0.25, 0.3) is 0 Å². The highest BCUT2D eigenvalue weighted by Gasteiger charge is 2.15. The largest absolute Gasteiger partial charge is 0.395 e. The maximum absolute atomic E-state index is 12.1. The number of nitrogens with zero attached hydrogens (tertiary/aromatic N) is 1. The number of likely N-dealkylation sites (N-methyl/N-ethyl adjacent to an activating group) is 1. The number of anilines is 2. The third-order valence-corrected chi connectivity index (χ3v) is 3.54. The molecule has 0 saturated carbocycles. The summed E-state index contributed by atoms with van der Waals surface area (Å²) in [5.41, 5.74) is 7.45. The van der Waals surface area contributed by atoms with Gasteiger partial charge in [0.2, 0.25) is 5.91 Å². The van der Waals surface area contributed by atoms with Crippen LogP contribution in [0.2, 0.25) is 0 Å². The quantitative estimate of drug-likeness (QED) is 0.649. The molecule has 0 radical (unpaired) electrons. The van der Waals surface area contributed by atoms with Crippen LogP contribution >= 0.6 is 0 Å². The number of amides is 1. The van der Waals surface area contributed by atoms with Gasteiger partial charge in [-0.25, -0.2) is 0 Å². The van der Waals surface area contributed by atoms with Gasteiger partial charge in [0.1, 0.15) is 0 Å². The first-order valence-electron chi connectivity index (χ1n) is 7.63. The van der Waals surface area contributed by atoms with E-state index in [-0.39, 0.29) is 18.4 Å². The number of hydrogen-bond acceptors (Lipinski definition) is 4.